The second-order valence-electron chi connectivity index (χ2n) is 8.10. The second-order valence-corrected chi connectivity index (χ2v) is 8.10. The molecule has 4 rings (SSSR count). The van der Waals surface area contributed by atoms with E-state index in [1.54, 1.807) is 11.0 Å². The molecular weight excluding hydrogens is 361 g/mol. The van der Waals surface area contributed by atoms with Gasteiger partial charge in [-0.05, 0) is 43.0 Å². The summed E-state index contributed by atoms with van der Waals surface area (Å²) in [5.41, 5.74) is 1.12. The van der Waals surface area contributed by atoms with Gasteiger partial charge in [-0.1, -0.05) is 18.9 Å². The van der Waals surface area contributed by atoms with Crippen LogP contribution in [0.15, 0.2) is 12.1 Å². The summed E-state index contributed by atoms with van der Waals surface area (Å²) in [7, 11) is 0. The Kier molecular flexibility index (Phi) is 5.64. The first-order chi connectivity index (χ1) is 13.6. The van der Waals surface area contributed by atoms with E-state index in [2.05, 4.69) is 10.6 Å². The first-order valence-electron chi connectivity index (χ1n) is 10.3. The van der Waals surface area contributed by atoms with Crippen molar-refractivity contribution in [2.24, 2.45) is 5.41 Å². The lowest BCUT2D eigenvalue weighted by Gasteiger charge is -2.32. The van der Waals surface area contributed by atoms with E-state index in [0.29, 0.717) is 57.7 Å². The van der Waals surface area contributed by atoms with Crippen molar-refractivity contribution >= 4 is 17.5 Å². The van der Waals surface area contributed by atoms with Crippen LogP contribution in [0.2, 0.25) is 0 Å². The normalized spacial score (nSPS) is 21.2. The zero-order valence-electron chi connectivity index (χ0n) is 16.2. The number of hydrogen-bond donors (Lipinski definition) is 2. The number of halogens is 1. The Bertz CT molecular complexity index is 756. The van der Waals surface area contributed by atoms with Crippen molar-refractivity contribution < 1.29 is 18.7 Å². The molecule has 2 aliphatic heterocycles. The van der Waals surface area contributed by atoms with Crippen LogP contribution in [0.5, 0.6) is 0 Å². The molecule has 152 valence electrons. The van der Waals surface area contributed by atoms with Crippen molar-refractivity contribution in [2.45, 2.75) is 45.1 Å². The first kappa shape index (κ1) is 19.3. The van der Waals surface area contributed by atoms with Crippen LogP contribution in [0.25, 0.3) is 0 Å². The number of carbonyl (C=O) groups is 2. The van der Waals surface area contributed by atoms with Gasteiger partial charge in [-0.2, -0.15) is 0 Å². The molecule has 0 aromatic heterocycles. The van der Waals surface area contributed by atoms with Crippen molar-refractivity contribution in [2.75, 3.05) is 38.2 Å². The van der Waals surface area contributed by atoms with Crippen LogP contribution >= 0.6 is 0 Å². The summed E-state index contributed by atoms with van der Waals surface area (Å²) in [6, 6.07) is 3.52. The number of nitrogens with one attached hydrogen (secondary N) is 2. The lowest BCUT2D eigenvalue weighted by Crippen LogP contribution is -2.45. The summed E-state index contributed by atoms with van der Waals surface area (Å²) >= 11 is 0. The highest BCUT2D eigenvalue weighted by atomic mass is 19.1. The Morgan fingerprint density at radius 2 is 1.96 bits per heavy atom. The van der Waals surface area contributed by atoms with E-state index in [9.17, 15) is 14.0 Å². The van der Waals surface area contributed by atoms with Gasteiger partial charge in [-0.25, -0.2) is 4.39 Å². The number of nitrogens with zero attached hydrogens (tertiary/aromatic N) is 1. The number of ether oxygens (including phenoxy) is 1. The summed E-state index contributed by atoms with van der Waals surface area (Å²) in [5, 5.41) is 6.05. The van der Waals surface area contributed by atoms with Gasteiger partial charge < -0.3 is 20.3 Å². The van der Waals surface area contributed by atoms with E-state index in [1.807, 2.05) is 6.07 Å². The lowest BCUT2D eigenvalue weighted by molar-refractivity contribution is -0.141. The number of morpholine rings is 1. The van der Waals surface area contributed by atoms with E-state index >= 15 is 0 Å². The topological polar surface area (TPSA) is 70.7 Å². The Labute approximate surface area is 164 Å². The molecule has 2 heterocycles. The average Bonchev–Trinajstić information content (AvgIpc) is 3.20. The number of carbonyl (C=O) groups excluding carboxylic acids is 2. The van der Waals surface area contributed by atoms with E-state index in [4.69, 9.17) is 4.74 Å². The summed E-state index contributed by atoms with van der Waals surface area (Å²) in [6.45, 7) is 3.62. The van der Waals surface area contributed by atoms with E-state index in [0.717, 1.165) is 24.9 Å². The Morgan fingerprint density at radius 3 is 2.71 bits per heavy atom. The lowest BCUT2D eigenvalue weighted by atomic mass is 9.81. The van der Waals surface area contributed by atoms with Crippen molar-refractivity contribution in [3.05, 3.63) is 29.1 Å². The summed E-state index contributed by atoms with van der Waals surface area (Å²) in [4.78, 5) is 27.8. The summed E-state index contributed by atoms with van der Waals surface area (Å²) in [6.07, 6.45) is 3.99. The number of benzene rings is 1. The third-order valence-corrected chi connectivity index (χ3v) is 6.35. The molecule has 1 saturated heterocycles. The summed E-state index contributed by atoms with van der Waals surface area (Å²) < 4.78 is 20.3. The SMILES string of the molecule is O=C(CC1(C(=O)Nc2ccc3c(c2F)CCNC3)CCCC1)N1CCOCC1. The fourth-order valence-electron chi connectivity index (χ4n) is 4.63. The van der Waals surface area contributed by atoms with Gasteiger partial charge in [-0.3, -0.25) is 9.59 Å². The maximum Gasteiger partial charge on any atom is 0.231 e. The Balaban J connectivity index is 1.50. The smallest absolute Gasteiger partial charge is 0.231 e. The molecule has 7 heteroatoms. The second kappa shape index (κ2) is 8.17. The van der Waals surface area contributed by atoms with Crippen LogP contribution in [-0.2, 0) is 27.3 Å². The molecule has 2 N–H and O–H groups in total. The number of anilines is 1. The minimum absolute atomic E-state index is 0.00247. The summed E-state index contributed by atoms with van der Waals surface area (Å²) in [5.74, 6) is -0.559. The minimum Gasteiger partial charge on any atom is -0.378 e. The molecule has 0 atom stereocenters. The number of hydrogen-bond acceptors (Lipinski definition) is 4. The van der Waals surface area contributed by atoms with Gasteiger partial charge in [0.1, 0.15) is 5.82 Å². The van der Waals surface area contributed by atoms with Crippen LogP contribution in [0.3, 0.4) is 0 Å². The molecule has 2 fully saturated rings. The first-order valence-corrected chi connectivity index (χ1v) is 10.3. The highest BCUT2D eigenvalue weighted by Crippen LogP contribution is 2.43. The van der Waals surface area contributed by atoms with E-state index in [1.165, 1.54) is 0 Å². The van der Waals surface area contributed by atoms with E-state index < -0.39 is 5.41 Å². The van der Waals surface area contributed by atoms with Crippen LogP contribution in [0.4, 0.5) is 10.1 Å². The molecule has 1 aliphatic carbocycles. The van der Waals surface area contributed by atoms with Crippen molar-refractivity contribution in [3.8, 4) is 0 Å². The molecule has 1 aromatic carbocycles. The molecule has 0 bridgehead atoms. The molecule has 0 radical (unpaired) electrons. The van der Waals surface area contributed by atoms with Crippen LogP contribution in [0.1, 0.15) is 43.2 Å². The number of amides is 2. The van der Waals surface area contributed by atoms with Crippen molar-refractivity contribution in [1.82, 2.24) is 10.2 Å². The van der Waals surface area contributed by atoms with E-state index in [-0.39, 0.29) is 29.7 Å². The number of fused-ring (bicyclic) bond motifs is 1. The van der Waals surface area contributed by atoms with Gasteiger partial charge in [0.15, 0.2) is 0 Å². The predicted octanol–water partition coefficient (Wildman–Crippen LogP) is 2.22. The van der Waals surface area contributed by atoms with Gasteiger partial charge in [0.25, 0.3) is 0 Å². The molecule has 2 amide bonds. The molecule has 1 aromatic rings. The third kappa shape index (κ3) is 3.78. The van der Waals surface area contributed by atoms with Gasteiger partial charge in [0.2, 0.25) is 11.8 Å². The molecule has 0 unspecified atom stereocenters. The zero-order chi connectivity index (χ0) is 19.6. The maximum atomic E-state index is 14.9. The highest BCUT2D eigenvalue weighted by Gasteiger charge is 2.44. The third-order valence-electron chi connectivity index (χ3n) is 6.35. The quantitative estimate of drug-likeness (QED) is 0.829. The monoisotopic (exact) mass is 389 g/mol. The fraction of sp³-hybridized carbons (Fsp3) is 0.619. The van der Waals surface area contributed by atoms with Crippen LogP contribution in [-0.4, -0.2) is 49.6 Å². The molecule has 28 heavy (non-hydrogen) atoms. The zero-order valence-corrected chi connectivity index (χ0v) is 16.2. The maximum absolute atomic E-state index is 14.9. The van der Waals surface area contributed by atoms with Gasteiger partial charge in [0.05, 0.1) is 24.3 Å². The Hall–Kier alpha value is -1.99. The fourth-order valence-corrected chi connectivity index (χ4v) is 4.63. The Morgan fingerprint density at radius 1 is 1.21 bits per heavy atom. The molecular formula is C21H28FN3O3. The van der Waals surface area contributed by atoms with Crippen molar-refractivity contribution in [1.29, 1.82) is 0 Å². The van der Waals surface area contributed by atoms with Gasteiger partial charge >= 0.3 is 0 Å². The largest absolute Gasteiger partial charge is 0.378 e. The molecule has 3 aliphatic rings. The average molecular weight is 389 g/mol. The highest BCUT2D eigenvalue weighted by molar-refractivity contribution is 5.98. The van der Waals surface area contributed by atoms with Gasteiger partial charge in [0, 0.05) is 26.1 Å². The minimum atomic E-state index is -0.737. The van der Waals surface area contributed by atoms with Gasteiger partial charge in [-0.15, -0.1) is 0 Å². The number of rotatable bonds is 4. The van der Waals surface area contributed by atoms with Crippen LogP contribution < -0.4 is 10.6 Å². The molecule has 6 nitrogen and oxygen atoms in total. The molecule has 1 saturated carbocycles. The van der Waals surface area contributed by atoms with Crippen molar-refractivity contribution in [3.63, 3.8) is 0 Å². The molecule has 0 spiro atoms. The standard InChI is InChI=1S/C21H28FN3O3/c22-19-16-5-8-23-14-15(16)3-4-17(19)24-20(27)21(6-1-2-7-21)13-18(26)25-9-11-28-12-10-25/h3-4,23H,1-2,5-14H2,(H,24,27). The van der Waals surface area contributed by atoms with Crippen LogP contribution in [0, 0.1) is 11.2 Å². The predicted molar refractivity (Wildman–Crippen MR) is 103 cm³/mol.